The summed E-state index contributed by atoms with van der Waals surface area (Å²) in [5.41, 5.74) is 4.81. The molecule has 164 valence electrons. The van der Waals surface area contributed by atoms with Crippen LogP contribution >= 0.6 is 12.2 Å². The minimum atomic E-state index is -0.316. The Kier molecular flexibility index (Phi) is 7.06. The molecule has 3 aliphatic rings. The van der Waals surface area contributed by atoms with Gasteiger partial charge in [0.05, 0.1) is 26.0 Å². The van der Waals surface area contributed by atoms with Crippen molar-refractivity contribution in [2.45, 2.75) is 18.4 Å². The fraction of sp³-hybridized carbons (Fsp3) is 0.571. The average molecular weight is 435 g/mol. The molecule has 9 heteroatoms. The highest BCUT2D eigenvalue weighted by atomic mass is 32.1. The van der Waals surface area contributed by atoms with E-state index in [0.29, 0.717) is 5.17 Å². The molecule has 0 radical (unpaired) electrons. The van der Waals surface area contributed by atoms with Crippen molar-refractivity contribution in [3.8, 4) is 5.75 Å². The van der Waals surface area contributed by atoms with Gasteiger partial charge in [-0.3, -0.25) is 15.2 Å². The Balaban J connectivity index is 1.21. The van der Waals surface area contributed by atoms with Crippen molar-refractivity contribution in [2.75, 3.05) is 59.6 Å². The van der Waals surface area contributed by atoms with Crippen LogP contribution in [-0.2, 0) is 14.4 Å². The fourth-order valence-electron chi connectivity index (χ4n) is 3.90. The van der Waals surface area contributed by atoms with Gasteiger partial charge in [0.1, 0.15) is 11.4 Å². The van der Waals surface area contributed by atoms with Crippen LogP contribution in [-0.4, -0.2) is 80.3 Å². The number of rotatable bonds is 6. The summed E-state index contributed by atoms with van der Waals surface area (Å²) in [4.78, 5) is 14.2. The van der Waals surface area contributed by atoms with Crippen LogP contribution in [0.2, 0.25) is 0 Å². The monoisotopic (exact) mass is 434 g/mol. The molecule has 3 aliphatic heterocycles. The van der Waals surface area contributed by atoms with Crippen molar-refractivity contribution in [3.63, 3.8) is 0 Å². The fourth-order valence-corrected chi connectivity index (χ4v) is 4.11. The van der Waals surface area contributed by atoms with E-state index in [-0.39, 0.29) is 5.60 Å². The average Bonchev–Trinajstić information content (AvgIpc) is 3.20. The van der Waals surface area contributed by atoms with Gasteiger partial charge in [0.15, 0.2) is 0 Å². The number of hydrogen-bond donors (Lipinski definition) is 2. The molecule has 30 heavy (non-hydrogen) atoms. The van der Waals surface area contributed by atoms with E-state index in [2.05, 4.69) is 21.8 Å². The summed E-state index contributed by atoms with van der Waals surface area (Å²) in [6.07, 6.45) is 3.83. The number of piperidine rings is 1. The first kappa shape index (κ1) is 21.3. The van der Waals surface area contributed by atoms with Gasteiger partial charge >= 0.3 is 0 Å². The van der Waals surface area contributed by atoms with Crippen molar-refractivity contribution >= 4 is 23.1 Å². The summed E-state index contributed by atoms with van der Waals surface area (Å²) in [5.74, 6) is 0.828. The number of thiocarbonyl (C=S) groups is 1. The number of nitrogens with zero attached hydrogens (tertiary/aromatic N) is 2. The lowest BCUT2D eigenvalue weighted by atomic mass is 9.91. The molecular formula is C21H30N4O4S. The van der Waals surface area contributed by atoms with Crippen molar-refractivity contribution in [2.24, 2.45) is 0 Å². The normalized spacial score (nSPS) is 21.7. The van der Waals surface area contributed by atoms with Gasteiger partial charge in [0.25, 0.3) is 5.17 Å². The predicted molar refractivity (Wildman–Crippen MR) is 118 cm³/mol. The van der Waals surface area contributed by atoms with Gasteiger partial charge in [-0.15, -0.1) is 5.06 Å². The molecule has 2 N–H and O–H groups in total. The Morgan fingerprint density at radius 2 is 2.03 bits per heavy atom. The van der Waals surface area contributed by atoms with E-state index in [1.54, 1.807) is 7.11 Å². The van der Waals surface area contributed by atoms with Crippen molar-refractivity contribution in [1.29, 1.82) is 0 Å². The summed E-state index contributed by atoms with van der Waals surface area (Å²) in [7, 11) is 1.67. The van der Waals surface area contributed by atoms with E-state index in [9.17, 15) is 0 Å². The topological polar surface area (TPSA) is 67.5 Å². The molecule has 2 fully saturated rings. The number of morpholine rings is 1. The number of benzene rings is 1. The summed E-state index contributed by atoms with van der Waals surface area (Å²) >= 11 is 5.35. The van der Waals surface area contributed by atoms with Crippen molar-refractivity contribution in [1.82, 2.24) is 20.8 Å². The van der Waals surface area contributed by atoms with Crippen molar-refractivity contribution in [3.05, 3.63) is 35.9 Å². The van der Waals surface area contributed by atoms with E-state index in [0.717, 1.165) is 82.3 Å². The summed E-state index contributed by atoms with van der Waals surface area (Å²) in [6, 6.07) is 7.96. The Morgan fingerprint density at radius 1 is 1.23 bits per heavy atom. The van der Waals surface area contributed by atoms with E-state index < -0.39 is 0 Å². The van der Waals surface area contributed by atoms with Crippen LogP contribution in [0.15, 0.2) is 30.3 Å². The molecule has 2 saturated heterocycles. The molecular weight excluding hydrogens is 404 g/mol. The highest BCUT2D eigenvalue weighted by Crippen LogP contribution is 2.35. The third-order valence-electron chi connectivity index (χ3n) is 5.73. The minimum Gasteiger partial charge on any atom is -0.497 e. The van der Waals surface area contributed by atoms with Crippen LogP contribution in [0.25, 0.3) is 5.70 Å². The maximum Gasteiger partial charge on any atom is 0.278 e. The van der Waals surface area contributed by atoms with Gasteiger partial charge in [-0.1, -0.05) is 12.1 Å². The van der Waals surface area contributed by atoms with E-state index >= 15 is 0 Å². The number of hydrogen-bond acceptors (Lipinski definition) is 8. The van der Waals surface area contributed by atoms with Gasteiger partial charge in [0.2, 0.25) is 0 Å². The maximum atomic E-state index is 5.98. The zero-order chi connectivity index (χ0) is 20.8. The quantitative estimate of drug-likeness (QED) is 0.649. The largest absolute Gasteiger partial charge is 0.497 e. The van der Waals surface area contributed by atoms with E-state index in [1.165, 1.54) is 0 Å². The van der Waals surface area contributed by atoms with Gasteiger partial charge in [-0.05, 0) is 43.3 Å². The Labute approximate surface area is 183 Å². The molecule has 0 unspecified atom stereocenters. The van der Waals surface area contributed by atoms with Crippen LogP contribution in [0.4, 0.5) is 0 Å². The third kappa shape index (κ3) is 5.41. The van der Waals surface area contributed by atoms with Crippen molar-refractivity contribution < 1.29 is 19.1 Å². The second-order valence-corrected chi connectivity index (χ2v) is 8.12. The second kappa shape index (κ2) is 9.93. The van der Waals surface area contributed by atoms with Crippen LogP contribution in [0.1, 0.15) is 18.4 Å². The molecule has 8 nitrogen and oxygen atoms in total. The lowest BCUT2D eigenvalue weighted by molar-refractivity contribution is -0.144. The summed E-state index contributed by atoms with van der Waals surface area (Å²) in [6.45, 7) is 6.77. The first-order valence-electron chi connectivity index (χ1n) is 10.5. The molecule has 0 aliphatic carbocycles. The van der Waals surface area contributed by atoms with Gasteiger partial charge in [0, 0.05) is 44.8 Å². The summed E-state index contributed by atoms with van der Waals surface area (Å²) < 4.78 is 10.7. The molecule has 0 atom stereocenters. The molecule has 0 bridgehead atoms. The van der Waals surface area contributed by atoms with E-state index in [4.69, 9.17) is 31.4 Å². The lowest BCUT2D eigenvalue weighted by Gasteiger charge is -2.35. The van der Waals surface area contributed by atoms with Gasteiger partial charge in [-0.25, -0.2) is 0 Å². The molecule has 1 aromatic carbocycles. The lowest BCUT2D eigenvalue weighted by Crippen LogP contribution is -2.47. The van der Waals surface area contributed by atoms with Gasteiger partial charge < -0.3 is 19.6 Å². The van der Waals surface area contributed by atoms with E-state index in [1.807, 2.05) is 29.3 Å². The van der Waals surface area contributed by atoms with Crippen LogP contribution in [0, 0.1) is 0 Å². The molecule has 1 spiro atoms. The van der Waals surface area contributed by atoms with Crippen LogP contribution in [0.3, 0.4) is 0 Å². The number of ether oxygens (including phenoxy) is 2. The first-order chi connectivity index (χ1) is 14.7. The first-order valence-corrected chi connectivity index (χ1v) is 10.9. The highest BCUT2D eigenvalue weighted by molar-refractivity contribution is 7.80. The second-order valence-electron chi connectivity index (χ2n) is 7.75. The summed E-state index contributed by atoms with van der Waals surface area (Å²) in [5, 5.41) is 5.54. The molecule has 0 amide bonds. The SMILES string of the molecule is COc1cccc(C2=CC3(CCN(OC(=S)NCCN4CCOCC4)CC3)ON2)c1. The predicted octanol–water partition coefficient (Wildman–Crippen LogP) is 1.54. The molecule has 4 rings (SSSR count). The highest BCUT2D eigenvalue weighted by Gasteiger charge is 2.39. The smallest absolute Gasteiger partial charge is 0.278 e. The zero-order valence-electron chi connectivity index (χ0n) is 17.4. The standard InChI is InChI=1S/C21H30N4O4S/c1-26-18-4-2-3-17(15-18)19-16-21(29-23-19)5-8-25(9-6-21)28-20(30)22-7-10-24-11-13-27-14-12-24/h2-4,15-16,23H,5-14H2,1H3,(H,22,30). The minimum absolute atomic E-state index is 0.316. The number of methoxy groups -OCH3 is 1. The van der Waals surface area contributed by atoms with Gasteiger partial charge in [-0.2, -0.15) is 0 Å². The Bertz CT molecular complexity index is 761. The number of hydroxylamine groups is 3. The van der Waals surface area contributed by atoms with Crippen LogP contribution < -0.4 is 15.5 Å². The molecule has 0 aromatic heterocycles. The number of nitrogens with one attached hydrogen (secondary N) is 2. The maximum absolute atomic E-state index is 5.98. The zero-order valence-corrected chi connectivity index (χ0v) is 18.2. The molecule has 1 aromatic rings. The third-order valence-corrected chi connectivity index (χ3v) is 5.95. The molecule has 0 saturated carbocycles. The molecule has 3 heterocycles. The Morgan fingerprint density at radius 3 is 2.80 bits per heavy atom. The Hall–Kier alpha value is -1.91. The van der Waals surface area contributed by atoms with Crippen LogP contribution in [0.5, 0.6) is 5.75 Å².